The standard InChI is InChI=1S/C17H24N2O2S/c1-5-21-16-9-13(6-7-15(16)20-4)8-14(10-18)17-19-11(2)12(3)22-17/h6-7,9,14H,5,8,10,18H2,1-4H3. The van der Waals surface area contributed by atoms with E-state index in [1.54, 1.807) is 18.4 Å². The quantitative estimate of drug-likeness (QED) is 0.849. The molecule has 0 fully saturated rings. The minimum absolute atomic E-state index is 0.236. The van der Waals surface area contributed by atoms with Crippen molar-refractivity contribution in [3.8, 4) is 11.5 Å². The molecule has 4 nitrogen and oxygen atoms in total. The van der Waals surface area contributed by atoms with Crippen molar-refractivity contribution in [2.24, 2.45) is 5.73 Å². The van der Waals surface area contributed by atoms with Gasteiger partial charge in [0.1, 0.15) is 0 Å². The number of nitrogens with two attached hydrogens (primary N) is 1. The Labute approximate surface area is 136 Å². The summed E-state index contributed by atoms with van der Waals surface area (Å²) in [5.74, 6) is 1.78. The summed E-state index contributed by atoms with van der Waals surface area (Å²) in [7, 11) is 1.65. The first-order valence-electron chi connectivity index (χ1n) is 7.52. The fourth-order valence-electron chi connectivity index (χ4n) is 2.34. The highest BCUT2D eigenvalue weighted by molar-refractivity contribution is 7.11. The van der Waals surface area contributed by atoms with Crippen molar-refractivity contribution in [1.29, 1.82) is 0 Å². The second kappa shape index (κ2) is 7.61. The zero-order chi connectivity index (χ0) is 16.1. The molecule has 1 atom stereocenters. The maximum atomic E-state index is 5.98. The van der Waals surface area contributed by atoms with Gasteiger partial charge >= 0.3 is 0 Å². The number of aryl methyl sites for hydroxylation is 2. The average molecular weight is 320 g/mol. The predicted molar refractivity (Wildman–Crippen MR) is 91.3 cm³/mol. The Bertz CT molecular complexity index is 606. The molecule has 1 aromatic carbocycles. The molecule has 22 heavy (non-hydrogen) atoms. The number of hydrogen-bond acceptors (Lipinski definition) is 5. The fraction of sp³-hybridized carbons (Fsp3) is 0.471. The van der Waals surface area contributed by atoms with Gasteiger partial charge in [-0.1, -0.05) is 6.07 Å². The Morgan fingerprint density at radius 3 is 2.59 bits per heavy atom. The summed E-state index contributed by atoms with van der Waals surface area (Å²) >= 11 is 1.74. The van der Waals surface area contributed by atoms with E-state index in [2.05, 4.69) is 18.0 Å². The lowest BCUT2D eigenvalue weighted by Gasteiger charge is -2.15. The predicted octanol–water partition coefficient (Wildman–Crippen LogP) is 3.45. The highest BCUT2D eigenvalue weighted by Crippen LogP contribution is 2.31. The smallest absolute Gasteiger partial charge is 0.161 e. The molecule has 2 aromatic rings. The fourth-order valence-corrected chi connectivity index (χ4v) is 3.38. The molecule has 5 heteroatoms. The van der Waals surface area contributed by atoms with Gasteiger partial charge in [-0.25, -0.2) is 4.98 Å². The first-order chi connectivity index (χ1) is 10.6. The van der Waals surface area contributed by atoms with Gasteiger partial charge in [-0.05, 0) is 44.9 Å². The van der Waals surface area contributed by atoms with E-state index in [4.69, 9.17) is 15.2 Å². The molecule has 0 saturated carbocycles. The van der Waals surface area contributed by atoms with Crippen LogP contribution in [0.1, 0.15) is 34.0 Å². The zero-order valence-corrected chi connectivity index (χ0v) is 14.5. The van der Waals surface area contributed by atoms with Crippen molar-refractivity contribution in [3.63, 3.8) is 0 Å². The van der Waals surface area contributed by atoms with Gasteiger partial charge < -0.3 is 15.2 Å². The van der Waals surface area contributed by atoms with E-state index in [9.17, 15) is 0 Å². The normalized spacial score (nSPS) is 12.2. The van der Waals surface area contributed by atoms with Crippen LogP contribution in [0.15, 0.2) is 18.2 Å². The third-order valence-electron chi connectivity index (χ3n) is 3.69. The summed E-state index contributed by atoms with van der Waals surface area (Å²) in [4.78, 5) is 5.91. The number of ether oxygens (including phenoxy) is 2. The van der Waals surface area contributed by atoms with E-state index in [0.29, 0.717) is 13.2 Å². The SMILES string of the molecule is CCOc1cc(CC(CN)c2nc(C)c(C)s2)ccc1OC. The van der Waals surface area contributed by atoms with Crippen molar-refractivity contribution in [1.82, 2.24) is 4.98 Å². The van der Waals surface area contributed by atoms with Crippen LogP contribution in [0.2, 0.25) is 0 Å². The van der Waals surface area contributed by atoms with Crippen LogP contribution in [0.5, 0.6) is 11.5 Å². The number of aromatic nitrogens is 1. The van der Waals surface area contributed by atoms with Crippen LogP contribution in [0, 0.1) is 13.8 Å². The Morgan fingerprint density at radius 2 is 2.05 bits per heavy atom. The average Bonchev–Trinajstić information content (AvgIpc) is 2.84. The number of benzene rings is 1. The van der Waals surface area contributed by atoms with E-state index in [-0.39, 0.29) is 5.92 Å². The second-order valence-corrected chi connectivity index (χ2v) is 6.48. The van der Waals surface area contributed by atoms with Gasteiger partial charge in [-0.3, -0.25) is 0 Å². The van der Waals surface area contributed by atoms with Gasteiger partial charge in [0.05, 0.1) is 24.4 Å². The summed E-state index contributed by atoms with van der Waals surface area (Å²) in [6.45, 7) is 7.32. The van der Waals surface area contributed by atoms with Crippen molar-refractivity contribution >= 4 is 11.3 Å². The molecule has 0 aliphatic rings. The van der Waals surface area contributed by atoms with Gasteiger partial charge in [0.2, 0.25) is 0 Å². The van der Waals surface area contributed by atoms with Crippen LogP contribution in [-0.2, 0) is 6.42 Å². The highest BCUT2D eigenvalue weighted by Gasteiger charge is 2.17. The number of hydrogen-bond donors (Lipinski definition) is 1. The van der Waals surface area contributed by atoms with Crippen LogP contribution in [0.4, 0.5) is 0 Å². The first kappa shape index (κ1) is 16.8. The molecule has 0 aliphatic heterocycles. The molecule has 120 valence electrons. The van der Waals surface area contributed by atoms with E-state index in [1.165, 1.54) is 10.4 Å². The molecular weight excluding hydrogens is 296 g/mol. The van der Waals surface area contributed by atoms with Crippen LogP contribution >= 0.6 is 11.3 Å². The highest BCUT2D eigenvalue weighted by atomic mass is 32.1. The molecule has 0 saturated heterocycles. The maximum Gasteiger partial charge on any atom is 0.161 e. The summed E-state index contributed by atoms with van der Waals surface area (Å²) in [6, 6.07) is 6.06. The summed E-state index contributed by atoms with van der Waals surface area (Å²) in [5, 5.41) is 1.12. The number of nitrogens with zero attached hydrogens (tertiary/aromatic N) is 1. The van der Waals surface area contributed by atoms with E-state index < -0.39 is 0 Å². The summed E-state index contributed by atoms with van der Waals surface area (Å²) < 4.78 is 11.0. The zero-order valence-electron chi connectivity index (χ0n) is 13.7. The van der Waals surface area contributed by atoms with Crippen LogP contribution < -0.4 is 15.2 Å². The molecule has 0 amide bonds. The molecule has 0 radical (unpaired) electrons. The third kappa shape index (κ3) is 3.78. The van der Waals surface area contributed by atoms with Crippen molar-refractivity contribution < 1.29 is 9.47 Å². The van der Waals surface area contributed by atoms with Crippen molar-refractivity contribution in [2.45, 2.75) is 33.1 Å². The van der Waals surface area contributed by atoms with E-state index in [1.807, 2.05) is 26.0 Å². The lowest BCUT2D eigenvalue weighted by atomic mass is 9.99. The van der Waals surface area contributed by atoms with Crippen LogP contribution in [-0.4, -0.2) is 25.2 Å². The van der Waals surface area contributed by atoms with Gasteiger partial charge in [0.25, 0.3) is 0 Å². The van der Waals surface area contributed by atoms with Gasteiger partial charge in [-0.2, -0.15) is 0 Å². The maximum absolute atomic E-state index is 5.98. The van der Waals surface area contributed by atoms with E-state index >= 15 is 0 Å². The topological polar surface area (TPSA) is 57.4 Å². The second-order valence-electron chi connectivity index (χ2n) is 5.25. The molecular formula is C17H24N2O2S. The van der Waals surface area contributed by atoms with Gasteiger partial charge in [0.15, 0.2) is 11.5 Å². The number of thiazole rings is 1. The largest absolute Gasteiger partial charge is 0.493 e. The lowest BCUT2D eigenvalue weighted by Crippen LogP contribution is -2.15. The molecule has 0 bridgehead atoms. The third-order valence-corrected chi connectivity index (χ3v) is 4.92. The molecule has 0 aliphatic carbocycles. The Kier molecular flexibility index (Phi) is 5.80. The molecule has 2 rings (SSSR count). The molecule has 2 N–H and O–H groups in total. The van der Waals surface area contributed by atoms with Gasteiger partial charge in [0, 0.05) is 17.3 Å². The summed E-state index contributed by atoms with van der Waals surface area (Å²) in [6.07, 6.45) is 0.854. The minimum Gasteiger partial charge on any atom is -0.493 e. The first-order valence-corrected chi connectivity index (χ1v) is 8.34. The van der Waals surface area contributed by atoms with Crippen LogP contribution in [0.25, 0.3) is 0 Å². The van der Waals surface area contributed by atoms with Gasteiger partial charge in [-0.15, -0.1) is 11.3 Å². The Morgan fingerprint density at radius 1 is 1.27 bits per heavy atom. The number of rotatable bonds is 7. The molecule has 0 spiro atoms. The van der Waals surface area contributed by atoms with Crippen molar-refractivity contribution in [2.75, 3.05) is 20.3 Å². The number of methoxy groups -OCH3 is 1. The minimum atomic E-state index is 0.236. The van der Waals surface area contributed by atoms with Crippen molar-refractivity contribution in [3.05, 3.63) is 39.3 Å². The monoisotopic (exact) mass is 320 g/mol. The molecule has 1 heterocycles. The van der Waals surface area contributed by atoms with E-state index in [0.717, 1.165) is 28.6 Å². The van der Waals surface area contributed by atoms with Crippen LogP contribution in [0.3, 0.4) is 0 Å². The molecule has 1 unspecified atom stereocenters. The summed E-state index contributed by atoms with van der Waals surface area (Å²) in [5.41, 5.74) is 8.26. The Hall–Kier alpha value is -1.59. The lowest BCUT2D eigenvalue weighted by molar-refractivity contribution is 0.310. The Balaban J connectivity index is 2.22. The molecule has 1 aromatic heterocycles.